The van der Waals surface area contributed by atoms with E-state index in [-0.39, 0.29) is 29.8 Å². The van der Waals surface area contributed by atoms with Crippen LogP contribution in [0.25, 0.3) is 10.3 Å². The van der Waals surface area contributed by atoms with E-state index in [1.807, 2.05) is 31.2 Å². The molecule has 2 fully saturated rings. The van der Waals surface area contributed by atoms with Crippen LogP contribution in [0.1, 0.15) is 38.2 Å². The molecule has 2 N–H and O–H groups in total. The number of rotatable bonds is 7. The molecule has 3 aromatic rings. The monoisotopic (exact) mass is 480 g/mol. The molecular weight excluding hydrogens is 452 g/mol. The Bertz CT molecular complexity index is 1280. The average Bonchev–Trinajstić information content (AvgIpc) is 3.55. The number of hydrogen-bond acceptors (Lipinski definition) is 7. The van der Waals surface area contributed by atoms with E-state index in [4.69, 9.17) is 0 Å². The summed E-state index contributed by atoms with van der Waals surface area (Å²) in [6.45, 7) is 3.28. The van der Waals surface area contributed by atoms with Crippen LogP contribution in [-0.4, -0.2) is 45.5 Å². The first-order chi connectivity index (χ1) is 16.5. The summed E-state index contributed by atoms with van der Waals surface area (Å²) in [6, 6.07) is 7.97. The molecule has 1 aromatic carbocycles. The van der Waals surface area contributed by atoms with Crippen molar-refractivity contribution in [2.75, 3.05) is 23.3 Å². The molecular formula is C24H28N6O3S. The van der Waals surface area contributed by atoms with Crippen LogP contribution in [0.5, 0.6) is 0 Å². The van der Waals surface area contributed by atoms with Gasteiger partial charge in [-0.15, -0.1) is 0 Å². The smallest absolute Gasteiger partial charge is 0.273 e. The number of nitrogens with zero attached hydrogens (tertiary/aromatic N) is 4. The molecule has 2 amide bonds. The van der Waals surface area contributed by atoms with Crippen LogP contribution >= 0.6 is 11.3 Å². The molecule has 3 heterocycles. The van der Waals surface area contributed by atoms with Gasteiger partial charge in [-0.2, -0.15) is 4.98 Å². The van der Waals surface area contributed by atoms with Crippen LogP contribution < -0.4 is 21.1 Å². The van der Waals surface area contributed by atoms with Gasteiger partial charge in [0.2, 0.25) is 11.8 Å². The normalized spacial score (nSPS) is 18.1. The third-order valence-electron chi connectivity index (χ3n) is 6.35. The molecule has 9 nitrogen and oxygen atoms in total. The van der Waals surface area contributed by atoms with Gasteiger partial charge in [-0.3, -0.25) is 19.0 Å². The fraction of sp³-hybridized carbons (Fsp3) is 0.458. The zero-order valence-electron chi connectivity index (χ0n) is 19.1. The number of para-hydroxylation sites is 1. The van der Waals surface area contributed by atoms with E-state index in [0.29, 0.717) is 28.1 Å². The van der Waals surface area contributed by atoms with Gasteiger partial charge < -0.3 is 15.5 Å². The number of anilines is 2. The van der Waals surface area contributed by atoms with Crippen LogP contribution in [0.3, 0.4) is 0 Å². The SMILES string of the molecule is CCc1ccccc1NC(=O)Cn1cnc2nc(N3CCCC(C(=O)NC4CC4)C3)sc2c1=O. The van der Waals surface area contributed by atoms with Gasteiger partial charge in [0, 0.05) is 24.8 Å². The largest absolute Gasteiger partial charge is 0.353 e. The lowest BCUT2D eigenvalue weighted by Crippen LogP contribution is -2.43. The van der Waals surface area contributed by atoms with Crippen molar-refractivity contribution in [2.45, 2.75) is 51.6 Å². The van der Waals surface area contributed by atoms with E-state index in [2.05, 4.69) is 25.5 Å². The van der Waals surface area contributed by atoms with Crippen molar-refractivity contribution >= 4 is 44.3 Å². The van der Waals surface area contributed by atoms with Crippen LogP contribution in [0.2, 0.25) is 0 Å². The third kappa shape index (κ3) is 4.82. The van der Waals surface area contributed by atoms with E-state index >= 15 is 0 Å². The summed E-state index contributed by atoms with van der Waals surface area (Å²) in [6.07, 6.45) is 6.08. The first kappa shape index (κ1) is 22.5. The Hall–Kier alpha value is -3.27. The fourth-order valence-corrected chi connectivity index (χ4v) is 5.29. The molecule has 1 saturated heterocycles. The lowest BCUT2D eigenvalue weighted by molar-refractivity contribution is -0.125. The molecule has 0 radical (unpaired) electrons. The molecule has 1 unspecified atom stereocenters. The van der Waals surface area contributed by atoms with Gasteiger partial charge in [0.05, 0.1) is 5.92 Å². The summed E-state index contributed by atoms with van der Waals surface area (Å²) >= 11 is 1.28. The number of carbonyl (C=O) groups excluding carboxylic acids is 2. The number of hydrogen-bond donors (Lipinski definition) is 2. The van der Waals surface area contributed by atoms with Crippen molar-refractivity contribution in [1.82, 2.24) is 19.9 Å². The van der Waals surface area contributed by atoms with E-state index < -0.39 is 0 Å². The van der Waals surface area contributed by atoms with Gasteiger partial charge in [0.25, 0.3) is 5.56 Å². The Kier molecular flexibility index (Phi) is 6.32. The van der Waals surface area contributed by atoms with Gasteiger partial charge in [-0.1, -0.05) is 36.5 Å². The lowest BCUT2D eigenvalue weighted by Gasteiger charge is -2.31. The quantitative estimate of drug-likeness (QED) is 0.538. The third-order valence-corrected chi connectivity index (χ3v) is 7.44. The van der Waals surface area contributed by atoms with E-state index in [0.717, 1.165) is 49.9 Å². The van der Waals surface area contributed by atoms with Crippen molar-refractivity contribution in [3.05, 3.63) is 46.5 Å². The molecule has 1 atom stereocenters. The molecule has 2 aliphatic rings. The maximum Gasteiger partial charge on any atom is 0.273 e. The zero-order valence-corrected chi connectivity index (χ0v) is 19.9. The first-order valence-electron chi connectivity index (χ1n) is 11.8. The Labute approximate surface area is 201 Å². The minimum Gasteiger partial charge on any atom is -0.353 e. The topological polar surface area (TPSA) is 109 Å². The van der Waals surface area contributed by atoms with E-state index in [1.54, 1.807) is 0 Å². The van der Waals surface area contributed by atoms with E-state index in [9.17, 15) is 14.4 Å². The lowest BCUT2D eigenvalue weighted by atomic mass is 9.97. The molecule has 5 rings (SSSR count). The van der Waals surface area contributed by atoms with Gasteiger partial charge in [0.1, 0.15) is 17.6 Å². The molecule has 1 saturated carbocycles. The molecule has 10 heteroatoms. The van der Waals surface area contributed by atoms with Crippen LogP contribution in [0.4, 0.5) is 10.8 Å². The number of aryl methyl sites for hydroxylation is 1. The predicted molar refractivity (Wildman–Crippen MR) is 132 cm³/mol. The second-order valence-electron chi connectivity index (χ2n) is 8.95. The Balaban J connectivity index is 1.30. The number of carbonyl (C=O) groups is 2. The average molecular weight is 481 g/mol. The maximum atomic E-state index is 13.1. The Morgan fingerprint density at radius 3 is 2.82 bits per heavy atom. The van der Waals surface area contributed by atoms with Gasteiger partial charge in [0.15, 0.2) is 10.8 Å². The zero-order chi connectivity index (χ0) is 23.7. The summed E-state index contributed by atoms with van der Waals surface area (Å²) in [4.78, 5) is 49.2. The number of benzene rings is 1. The Morgan fingerprint density at radius 1 is 1.21 bits per heavy atom. The van der Waals surface area contributed by atoms with Crippen molar-refractivity contribution in [3.8, 4) is 0 Å². The van der Waals surface area contributed by atoms with Crippen molar-refractivity contribution in [1.29, 1.82) is 0 Å². The van der Waals surface area contributed by atoms with Gasteiger partial charge in [-0.25, -0.2) is 4.98 Å². The molecule has 34 heavy (non-hydrogen) atoms. The molecule has 0 spiro atoms. The Morgan fingerprint density at radius 2 is 2.03 bits per heavy atom. The predicted octanol–water partition coefficient (Wildman–Crippen LogP) is 2.55. The fourth-order valence-electron chi connectivity index (χ4n) is 4.29. The number of thiazole rings is 1. The van der Waals surface area contributed by atoms with E-state index in [1.165, 1.54) is 22.2 Å². The molecule has 0 bridgehead atoms. The number of aromatic nitrogens is 3. The number of nitrogens with one attached hydrogen (secondary N) is 2. The van der Waals surface area contributed by atoms with Gasteiger partial charge in [-0.05, 0) is 43.7 Å². The maximum absolute atomic E-state index is 13.1. The standard InChI is InChI=1S/C24H28N6O3S/c1-2-15-6-3-4-8-18(15)27-19(31)13-30-14-25-21-20(23(30)33)34-24(28-21)29-11-5-7-16(12-29)22(32)26-17-9-10-17/h3-4,6,8,14,16-17H,2,5,7,9-13H2,1H3,(H,26,32)(H,27,31). The summed E-state index contributed by atoms with van der Waals surface area (Å²) in [5.74, 6) is -0.237. The van der Waals surface area contributed by atoms with Crippen LogP contribution in [0, 0.1) is 5.92 Å². The molecule has 1 aliphatic carbocycles. The number of piperidine rings is 1. The molecule has 1 aliphatic heterocycles. The summed E-state index contributed by atoms with van der Waals surface area (Å²) in [5.41, 5.74) is 1.88. The summed E-state index contributed by atoms with van der Waals surface area (Å²) < 4.78 is 1.74. The van der Waals surface area contributed by atoms with Crippen LogP contribution in [-0.2, 0) is 22.6 Å². The summed E-state index contributed by atoms with van der Waals surface area (Å²) in [7, 11) is 0. The second-order valence-corrected chi connectivity index (χ2v) is 9.93. The van der Waals surface area contributed by atoms with Crippen molar-refractivity contribution in [3.63, 3.8) is 0 Å². The minimum absolute atomic E-state index is 0.0688. The number of amides is 2. The highest BCUT2D eigenvalue weighted by molar-refractivity contribution is 7.22. The van der Waals surface area contributed by atoms with Crippen LogP contribution in [0.15, 0.2) is 35.4 Å². The minimum atomic E-state index is -0.285. The second kappa shape index (κ2) is 9.54. The van der Waals surface area contributed by atoms with Crippen molar-refractivity contribution < 1.29 is 9.59 Å². The molecule has 178 valence electrons. The van der Waals surface area contributed by atoms with Gasteiger partial charge >= 0.3 is 0 Å². The molecule has 2 aromatic heterocycles. The first-order valence-corrected chi connectivity index (χ1v) is 12.6. The highest BCUT2D eigenvalue weighted by atomic mass is 32.1. The highest BCUT2D eigenvalue weighted by Crippen LogP contribution is 2.30. The highest BCUT2D eigenvalue weighted by Gasteiger charge is 2.31. The van der Waals surface area contributed by atoms with Crippen molar-refractivity contribution in [2.24, 2.45) is 5.92 Å². The number of fused-ring (bicyclic) bond motifs is 1. The summed E-state index contributed by atoms with van der Waals surface area (Å²) in [5, 5.41) is 6.68.